The molecule has 0 radical (unpaired) electrons. The van der Waals surface area contributed by atoms with Gasteiger partial charge in [-0.05, 0) is 30.2 Å². The molecule has 0 saturated heterocycles. The van der Waals surface area contributed by atoms with Gasteiger partial charge < -0.3 is 16.3 Å². The first-order valence-corrected chi connectivity index (χ1v) is 6.27. The maximum atomic E-state index is 8.76. The van der Waals surface area contributed by atoms with Crippen LogP contribution in [0, 0.1) is 0 Å². The third kappa shape index (κ3) is 3.30. The minimum absolute atomic E-state index is 0.0106. The molecule has 0 unspecified atom stereocenters. The summed E-state index contributed by atoms with van der Waals surface area (Å²) in [5.74, 6) is 0.0106. The minimum Gasteiger partial charge on any atom is -0.409 e. The van der Waals surface area contributed by atoms with E-state index in [-0.39, 0.29) is 11.9 Å². The van der Waals surface area contributed by atoms with Crippen LogP contribution in [-0.2, 0) is 6.54 Å². The van der Waals surface area contributed by atoms with E-state index in [1.54, 1.807) is 12.4 Å². The van der Waals surface area contributed by atoms with Crippen LogP contribution in [0.15, 0.2) is 48.0 Å². The molecule has 20 heavy (non-hydrogen) atoms. The lowest BCUT2D eigenvalue weighted by Gasteiger charge is -2.15. The van der Waals surface area contributed by atoms with Gasteiger partial charge in [-0.15, -0.1) is 0 Å². The second-order valence-corrected chi connectivity index (χ2v) is 4.39. The van der Waals surface area contributed by atoms with Crippen molar-refractivity contribution in [3.8, 4) is 0 Å². The fourth-order valence-electron chi connectivity index (χ4n) is 1.87. The Hall–Kier alpha value is -2.47. The van der Waals surface area contributed by atoms with Crippen molar-refractivity contribution in [3.05, 3.63) is 59.7 Å². The van der Waals surface area contributed by atoms with Crippen LogP contribution in [-0.4, -0.2) is 21.0 Å². The molecule has 0 bridgehead atoms. The standard InChI is InChI=1S/C14H17N5O/c1-10(11-4-2-6-16-8-11)18-9-12-5-3-7-17-13(12)14(15)19-20/h2-8,10,18,20H,9H2,1H3,(H2,15,19)/t10-/m1/s1. The molecule has 0 amide bonds. The smallest absolute Gasteiger partial charge is 0.189 e. The van der Waals surface area contributed by atoms with E-state index >= 15 is 0 Å². The summed E-state index contributed by atoms with van der Waals surface area (Å²) in [4.78, 5) is 8.23. The van der Waals surface area contributed by atoms with E-state index in [2.05, 4.69) is 27.4 Å². The van der Waals surface area contributed by atoms with E-state index in [0.29, 0.717) is 12.2 Å². The molecule has 4 N–H and O–H groups in total. The zero-order valence-corrected chi connectivity index (χ0v) is 11.2. The van der Waals surface area contributed by atoms with Gasteiger partial charge in [-0.25, -0.2) is 0 Å². The van der Waals surface area contributed by atoms with Gasteiger partial charge in [0.2, 0.25) is 0 Å². The van der Waals surface area contributed by atoms with Crippen molar-refractivity contribution in [2.75, 3.05) is 0 Å². The van der Waals surface area contributed by atoms with Gasteiger partial charge in [0.05, 0.1) is 0 Å². The first-order chi connectivity index (χ1) is 9.72. The van der Waals surface area contributed by atoms with Crippen LogP contribution in [0.5, 0.6) is 0 Å². The summed E-state index contributed by atoms with van der Waals surface area (Å²) in [6.45, 7) is 2.62. The Balaban J connectivity index is 2.08. The second-order valence-electron chi connectivity index (χ2n) is 4.39. The number of nitrogens with two attached hydrogens (primary N) is 1. The Morgan fingerprint density at radius 3 is 2.90 bits per heavy atom. The monoisotopic (exact) mass is 271 g/mol. The number of oxime groups is 1. The number of pyridine rings is 2. The highest BCUT2D eigenvalue weighted by Crippen LogP contribution is 2.12. The molecule has 0 aliphatic carbocycles. The highest BCUT2D eigenvalue weighted by molar-refractivity contribution is 5.96. The second kappa shape index (κ2) is 6.63. The van der Waals surface area contributed by atoms with Gasteiger partial charge in [0.1, 0.15) is 5.69 Å². The molecule has 0 aliphatic heterocycles. The van der Waals surface area contributed by atoms with E-state index in [1.165, 1.54) is 0 Å². The van der Waals surface area contributed by atoms with Crippen LogP contribution in [0.2, 0.25) is 0 Å². The van der Waals surface area contributed by atoms with E-state index < -0.39 is 0 Å². The van der Waals surface area contributed by atoms with Crippen molar-refractivity contribution in [2.45, 2.75) is 19.5 Å². The van der Waals surface area contributed by atoms with Gasteiger partial charge in [-0.3, -0.25) is 9.97 Å². The Bertz CT molecular complexity index is 585. The predicted molar refractivity (Wildman–Crippen MR) is 76.2 cm³/mol. The molecule has 0 fully saturated rings. The maximum Gasteiger partial charge on any atom is 0.189 e. The topological polar surface area (TPSA) is 96.4 Å². The van der Waals surface area contributed by atoms with Gasteiger partial charge in [0, 0.05) is 31.2 Å². The van der Waals surface area contributed by atoms with Crippen molar-refractivity contribution in [1.29, 1.82) is 0 Å². The van der Waals surface area contributed by atoms with Crippen LogP contribution < -0.4 is 11.1 Å². The van der Waals surface area contributed by atoms with Crippen molar-refractivity contribution in [2.24, 2.45) is 10.9 Å². The molecule has 2 heterocycles. The molecule has 104 valence electrons. The molecule has 0 aliphatic rings. The van der Waals surface area contributed by atoms with Crippen LogP contribution in [0.25, 0.3) is 0 Å². The summed E-state index contributed by atoms with van der Waals surface area (Å²) >= 11 is 0. The lowest BCUT2D eigenvalue weighted by atomic mass is 10.1. The van der Waals surface area contributed by atoms with E-state index in [4.69, 9.17) is 10.9 Å². The number of nitrogens with zero attached hydrogens (tertiary/aromatic N) is 3. The Kier molecular flexibility index (Phi) is 4.62. The summed E-state index contributed by atoms with van der Waals surface area (Å²) in [7, 11) is 0. The fraction of sp³-hybridized carbons (Fsp3) is 0.214. The largest absolute Gasteiger partial charge is 0.409 e. The molecule has 6 heteroatoms. The molecule has 2 aromatic rings. The average Bonchev–Trinajstić information content (AvgIpc) is 2.53. The van der Waals surface area contributed by atoms with E-state index in [9.17, 15) is 0 Å². The lowest BCUT2D eigenvalue weighted by molar-refractivity contribution is 0.318. The fourth-order valence-corrected chi connectivity index (χ4v) is 1.87. The quantitative estimate of drug-likeness (QED) is 0.331. The lowest BCUT2D eigenvalue weighted by Crippen LogP contribution is -2.23. The molecule has 0 aromatic carbocycles. The Morgan fingerprint density at radius 1 is 1.40 bits per heavy atom. The van der Waals surface area contributed by atoms with Gasteiger partial charge in [-0.1, -0.05) is 17.3 Å². The van der Waals surface area contributed by atoms with Crippen LogP contribution in [0.4, 0.5) is 0 Å². The van der Waals surface area contributed by atoms with Crippen molar-refractivity contribution in [3.63, 3.8) is 0 Å². The molecule has 2 aromatic heterocycles. The zero-order chi connectivity index (χ0) is 14.4. The maximum absolute atomic E-state index is 8.76. The average molecular weight is 271 g/mol. The van der Waals surface area contributed by atoms with Crippen LogP contribution >= 0.6 is 0 Å². The minimum atomic E-state index is 0.0106. The number of hydrogen-bond acceptors (Lipinski definition) is 5. The van der Waals surface area contributed by atoms with Crippen LogP contribution in [0.3, 0.4) is 0 Å². The van der Waals surface area contributed by atoms with Crippen molar-refractivity contribution in [1.82, 2.24) is 15.3 Å². The van der Waals surface area contributed by atoms with Gasteiger partial charge >= 0.3 is 0 Å². The van der Waals surface area contributed by atoms with Gasteiger partial charge in [-0.2, -0.15) is 0 Å². The Morgan fingerprint density at radius 2 is 2.20 bits per heavy atom. The molecule has 0 spiro atoms. The predicted octanol–water partition coefficient (Wildman–Crippen LogP) is 1.42. The summed E-state index contributed by atoms with van der Waals surface area (Å²) in [6, 6.07) is 7.77. The summed E-state index contributed by atoms with van der Waals surface area (Å²) < 4.78 is 0. The SMILES string of the molecule is C[C@@H](NCc1cccnc1/C(N)=N/O)c1cccnc1. The number of hydrogen-bond donors (Lipinski definition) is 3. The molecule has 1 atom stereocenters. The number of aromatic nitrogens is 2. The Labute approximate surface area is 117 Å². The molecular weight excluding hydrogens is 254 g/mol. The molecular formula is C14H17N5O. The first kappa shape index (κ1) is 14.0. The van der Waals surface area contributed by atoms with Crippen molar-refractivity contribution >= 4 is 5.84 Å². The molecule has 6 nitrogen and oxygen atoms in total. The highest BCUT2D eigenvalue weighted by atomic mass is 16.4. The summed E-state index contributed by atoms with van der Waals surface area (Å²) in [5.41, 5.74) is 8.07. The van der Waals surface area contributed by atoms with Gasteiger partial charge in [0.15, 0.2) is 5.84 Å². The van der Waals surface area contributed by atoms with Crippen LogP contribution in [0.1, 0.15) is 29.8 Å². The normalized spacial score (nSPS) is 13.2. The van der Waals surface area contributed by atoms with E-state index in [1.807, 2.05) is 30.5 Å². The number of amidine groups is 1. The molecule has 0 saturated carbocycles. The zero-order valence-electron chi connectivity index (χ0n) is 11.2. The molecule has 2 rings (SSSR count). The number of nitrogens with one attached hydrogen (secondary N) is 1. The first-order valence-electron chi connectivity index (χ1n) is 6.27. The van der Waals surface area contributed by atoms with Gasteiger partial charge in [0.25, 0.3) is 0 Å². The highest BCUT2D eigenvalue weighted by Gasteiger charge is 2.10. The summed E-state index contributed by atoms with van der Waals surface area (Å²) in [5, 5.41) is 15.1. The third-order valence-corrected chi connectivity index (χ3v) is 3.02. The summed E-state index contributed by atoms with van der Waals surface area (Å²) in [6.07, 6.45) is 5.18. The third-order valence-electron chi connectivity index (χ3n) is 3.02. The van der Waals surface area contributed by atoms with E-state index in [0.717, 1.165) is 11.1 Å². The number of rotatable bonds is 5. The van der Waals surface area contributed by atoms with Crippen molar-refractivity contribution < 1.29 is 5.21 Å².